The van der Waals surface area contributed by atoms with Gasteiger partial charge < -0.3 is 10.6 Å². The molecule has 3 N–H and O–H groups in total. The predicted octanol–water partition coefficient (Wildman–Crippen LogP) is 3.12. The van der Waals surface area contributed by atoms with Crippen LogP contribution in [0.3, 0.4) is 0 Å². The third-order valence-corrected chi connectivity index (χ3v) is 5.17. The number of carbonyl (C=O) groups excluding carboxylic acids is 2. The highest BCUT2D eigenvalue weighted by atomic mass is 79.9. The van der Waals surface area contributed by atoms with Gasteiger partial charge in [-0.15, -0.1) is 12.4 Å². The molecule has 0 saturated carbocycles. The van der Waals surface area contributed by atoms with Crippen LogP contribution >= 0.6 is 40.1 Å². The fourth-order valence-electron chi connectivity index (χ4n) is 2.76. The van der Waals surface area contributed by atoms with Crippen molar-refractivity contribution in [2.24, 2.45) is 5.73 Å². The van der Waals surface area contributed by atoms with Gasteiger partial charge in [-0.25, -0.2) is 0 Å². The van der Waals surface area contributed by atoms with Crippen LogP contribution in [0, 0.1) is 0 Å². The number of halogens is 2. The van der Waals surface area contributed by atoms with Crippen molar-refractivity contribution in [1.29, 1.82) is 0 Å². The molecule has 0 radical (unpaired) electrons. The van der Waals surface area contributed by atoms with Crippen LogP contribution in [0.4, 0.5) is 10.5 Å². The minimum atomic E-state index is -0.337. The summed E-state index contributed by atoms with van der Waals surface area (Å²) in [6.07, 6.45) is 3.85. The lowest BCUT2D eigenvalue weighted by atomic mass is 10.0. The maximum absolute atomic E-state index is 11.7. The predicted molar refractivity (Wildman–Crippen MR) is 99.9 cm³/mol. The van der Waals surface area contributed by atoms with E-state index in [1.54, 1.807) is 6.08 Å². The van der Waals surface area contributed by atoms with Crippen LogP contribution in [0.1, 0.15) is 18.4 Å². The molecule has 1 unspecified atom stereocenters. The highest BCUT2D eigenvalue weighted by Crippen LogP contribution is 2.35. The molecule has 2 saturated heterocycles. The fourth-order valence-corrected chi connectivity index (χ4v) is 4.06. The number of para-hydroxylation sites is 1. The molecule has 0 bridgehead atoms. The average molecular weight is 419 g/mol. The first-order valence-corrected chi connectivity index (χ1v) is 8.69. The molecular weight excluding hydrogens is 402 g/mol. The van der Waals surface area contributed by atoms with Crippen molar-refractivity contribution in [1.82, 2.24) is 5.32 Å². The van der Waals surface area contributed by atoms with E-state index in [-0.39, 0.29) is 29.6 Å². The Morgan fingerprint density at radius 1 is 1.39 bits per heavy atom. The van der Waals surface area contributed by atoms with Crippen molar-refractivity contribution in [2.75, 3.05) is 18.0 Å². The summed E-state index contributed by atoms with van der Waals surface area (Å²) in [5, 5.41) is 1.95. The van der Waals surface area contributed by atoms with Gasteiger partial charge in [0.25, 0.3) is 11.1 Å². The Hall–Kier alpha value is -1.02. The molecule has 8 heteroatoms. The van der Waals surface area contributed by atoms with Crippen molar-refractivity contribution in [3.8, 4) is 0 Å². The topological polar surface area (TPSA) is 75.4 Å². The van der Waals surface area contributed by atoms with Gasteiger partial charge >= 0.3 is 0 Å². The lowest BCUT2D eigenvalue weighted by Crippen LogP contribution is -2.43. The van der Waals surface area contributed by atoms with Crippen LogP contribution < -0.4 is 16.0 Å². The van der Waals surface area contributed by atoms with E-state index in [1.165, 1.54) is 0 Å². The second kappa shape index (κ2) is 7.70. The van der Waals surface area contributed by atoms with Gasteiger partial charge in [0.2, 0.25) is 0 Å². The van der Waals surface area contributed by atoms with Crippen LogP contribution in [0.25, 0.3) is 6.08 Å². The summed E-state index contributed by atoms with van der Waals surface area (Å²) < 4.78 is 0.964. The lowest BCUT2D eigenvalue weighted by molar-refractivity contribution is -0.115. The zero-order valence-electron chi connectivity index (χ0n) is 12.3. The lowest BCUT2D eigenvalue weighted by Gasteiger charge is -2.34. The number of imide groups is 1. The molecule has 23 heavy (non-hydrogen) atoms. The molecule has 1 aromatic rings. The number of thioether (sulfide) groups is 1. The fraction of sp³-hybridized carbons (Fsp3) is 0.333. The van der Waals surface area contributed by atoms with E-state index in [9.17, 15) is 9.59 Å². The molecule has 1 atom stereocenters. The third kappa shape index (κ3) is 4.09. The number of carbonyl (C=O) groups is 2. The Morgan fingerprint density at radius 2 is 2.17 bits per heavy atom. The molecule has 0 aromatic heterocycles. The summed E-state index contributed by atoms with van der Waals surface area (Å²) >= 11 is 4.53. The van der Waals surface area contributed by atoms with Crippen molar-refractivity contribution in [3.05, 3.63) is 33.1 Å². The minimum Gasteiger partial charge on any atom is -0.369 e. The molecule has 124 valence electrons. The molecule has 1 aromatic carbocycles. The minimum absolute atomic E-state index is 0. The summed E-state index contributed by atoms with van der Waals surface area (Å²) in [5.74, 6) is -0.337. The number of piperidine rings is 1. The summed E-state index contributed by atoms with van der Waals surface area (Å²) in [6, 6.07) is 6.00. The first-order valence-electron chi connectivity index (χ1n) is 7.08. The van der Waals surface area contributed by atoms with E-state index in [0.29, 0.717) is 4.91 Å². The van der Waals surface area contributed by atoms with Crippen molar-refractivity contribution < 1.29 is 9.59 Å². The first-order chi connectivity index (χ1) is 10.5. The molecule has 0 spiro atoms. The third-order valence-electron chi connectivity index (χ3n) is 3.72. The molecule has 3 rings (SSSR count). The van der Waals surface area contributed by atoms with Crippen molar-refractivity contribution >= 4 is 63.0 Å². The zero-order chi connectivity index (χ0) is 15.7. The summed E-state index contributed by atoms with van der Waals surface area (Å²) in [6.45, 7) is 1.72. The van der Waals surface area contributed by atoms with Gasteiger partial charge in [0, 0.05) is 29.2 Å². The number of amides is 2. The molecule has 2 aliphatic heterocycles. The van der Waals surface area contributed by atoms with E-state index in [2.05, 4.69) is 26.1 Å². The number of benzene rings is 1. The first kappa shape index (κ1) is 18.3. The van der Waals surface area contributed by atoms with Crippen molar-refractivity contribution in [3.63, 3.8) is 0 Å². The number of hydrogen-bond acceptors (Lipinski definition) is 5. The molecule has 2 fully saturated rings. The number of nitrogens with two attached hydrogens (primary N) is 1. The molecule has 0 aliphatic carbocycles. The molecule has 5 nitrogen and oxygen atoms in total. The molecule has 2 heterocycles. The standard InChI is InChI=1S/C15H16BrN3O2S.ClH/c16-11-5-1-3-9(7-12-14(20)18-15(21)22-12)13(11)19-6-2-4-10(17)8-19;/h1,3,5,7,10H,2,4,6,8,17H2,(H,18,20,21);1H. The quantitative estimate of drug-likeness (QED) is 0.722. The Morgan fingerprint density at radius 3 is 2.83 bits per heavy atom. The van der Waals surface area contributed by atoms with Crippen LogP contribution in [-0.2, 0) is 4.79 Å². The second-order valence-electron chi connectivity index (χ2n) is 5.38. The van der Waals surface area contributed by atoms with Gasteiger partial charge in [0.1, 0.15) is 0 Å². The SMILES string of the molecule is Cl.NC1CCCN(c2c(Br)cccc2C=C2SC(=O)NC2=O)C1. The van der Waals surface area contributed by atoms with E-state index in [4.69, 9.17) is 5.73 Å². The highest BCUT2D eigenvalue weighted by molar-refractivity contribution is 9.10. The van der Waals surface area contributed by atoms with Gasteiger partial charge in [0.15, 0.2) is 0 Å². The number of anilines is 1. The molecular formula is C15H17BrClN3O2S. The Kier molecular flexibility index (Phi) is 6.13. The number of hydrogen-bond donors (Lipinski definition) is 2. The number of nitrogens with one attached hydrogen (secondary N) is 1. The van der Waals surface area contributed by atoms with Crippen LogP contribution in [0.15, 0.2) is 27.6 Å². The molecule has 2 amide bonds. The Labute approximate surface area is 153 Å². The van der Waals surface area contributed by atoms with Crippen LogP contribution in [0.2, 0.25) is 0 Å². The maximum atomic E-state index is 11.7. The van der Waals surface area contributed by atoms with E-state index in [0.717, 1.165) is 53.4 Å². The highest BCUT2D eigenvalue weighted by Gasteiger charge is 2.26. The van der Waals surface area contributed by atoms with Crippen molar-refractivity contribution in [2.45, 2.75) is 18.9 Å². The van der Waals surface area contributed by atoms with Gasteiger partial charge in [0.05, 0.1) is 10.6 Å². The smallest absolute Gasteiger partial charge is 0.290 e. The maximum Gasteiger partial charge on any atom is 0.290 e. The van der Waals surface area contributed by atoms with Gasteiger partial charge in [-0.2, -0.15) is 0 Å². The largest absolute Gasteiger partial charge is 0.369 e. The monoisotopic (exact) mass is 417 g/mol. The Bertz CT molecular complexity index is 668. The van der Waals surface area contributed by atoms with Gasteiger partial charge in [-0.3, -0.25) is 14.9 Å². The number of rotatable bonds is 2. The van der Waals surface area contributed by atoms with Gasteiger partial charge in [-0.1, -0.05) is 12.1 Å². The van der Waals surface area contributed by atoms with E-state index < -0.39 is 0 Å². The van der Waals surface area contributed by atoms with E-state index >= 15 is 0 Å². The summed E-state index contributed by atoms with van der Waals surface area (Å²) in [7, 11) is 0. The molecule has 2 aliphatic rings. The second-order valence-corrected chi connectivity index (χ2v) is 7.25. The van der Waals surface area contributed by atoms with E-state index in [1.807, 2.05) is 18.2 Å². The normalized spacial score (nSPS) is 23.0. The number of nitrogens with zero attached hydrogens (tertiary/aromatic N) is 1. The average Bonchev–Trinajstić information content (AvgIpc) is 2.77. The van der Waals surface area contributed by atoms with Crippen LogP contribution in [-0.4, -0.2) is 30.3 Å². The van der Waals surface area contributed by atoms with Gasteiger partial charge in [-0.05, 0) is 52.7 Å². The van der Waals surface area contributed by atoms with Crippen LogP contribution in [0.5, 0.6) is 0 Å². The summed E-state index contributed by atoms with van der Waals surface area (Å²) in [5.41, 5.74) is 8.02. The Balaban J connectivity index is 0.00000192. The summed E-state index contributed by atoms with van der Waals surface area (Å²) in [4.78, 5) is 25.7. The zero-order valence-corrected chi connectivity index (χ0v) is 15.5.